The van der Waals surface area contributed by atoms with Gasteiger partial charge in [0.25, 0.3) is 0 Å². The van der Waals surface area contributed by atoms with E-state index in [0.717, 1.165) is 6.42 Å². The molecule has 0 amide bonds. The second-order valence-corrected chi connectivity index (χ2v) is 3.60. The molecule has 0 saturated carbocycles. The number of anilines is 2. The molecule has 2 nitrogen and oxygen atoms in total. The molecule has 13 heavy (non-hydrogen) atoms. The number of nitrogens with zero attached hydrogens (tertiary/aromatic N) is 2. The van der Waals surface area contributed by atoms with E-state index in [2.05, 4.69) is 55.1 Å². The quantitative estimate of drug-likeness (QED) is 0.648. The SMILES string of the molecule is CCC1N(C)c2ccccc2N1C. The molecule has 2 rings (SSSR count). The van der Waals surface area contributed by atoms with Crippen molar-refractivity contribution in [2.75, 3.05) is 23.9 Å². The third-order valence-corrected chi connectivity index (χ3v) is 2.90. The molecule has 0 spiro atoms. The number of fused-ring (bicyclic) bond motifs is 1. The fourth-order valence-electron chi connectivity index (χ4n) is 2.19. The minimum atomic E-state index is 0.525. The van der Waals surface area contributed by atoms with Gasteiger partial charge in [0, 0.05) is 14.1 Å². The van der Waals surface area contributed by atoms with Crippen molar-refractivity contribution in [3.63, 3.8) is 0 Å². The lowest BCUT2D eigenvalue weighted by atomic mass is 10.3. The monoisotopic (exact) mass is 176 g/mol. The third kappa shape index (κ3) is 1.09. The molecular formula is C11H16N2. The molecule has 2 heteroatoms. The van der Waals surface area contributed by atoms with E-state index in [1.165, 1.54) is 11.4 Å². The third-order valence-electron chi connectivity index (χ3n) is 2.90. The van der Waals surface area contributed by atoms with Gasteiger partial charge in [-0.3, -0.25) is 0 Å². The predicted molar refractivity (Wildman–Crippen MR) is 57.3 cm³/mol. The van der Waals surface area contributed by atoms with E-state index >= 15 is 0 Å². The highest BCUT2D eigenvalue weighted by atomic mass is 15.4. The Hall–Kier alpha value is -1.18. The van der Waals surface area contributed by atoms with E-state index in [1.54, 1.807) is 0 Å². The smallest absolute Gasteiger partial charge is 0.101 e. The van der Waals surface area contributed by atoms with E-state index in [-0.39, 0.29) is 0 Å². The first-order chi connectivity index (χ1) is 6.25. The van der Waals surface area contributed by atoms with Crippen LogP contribution in [-0.2, 0) is 0 Å². The molecule has 0 atom stereocenters. The summed E-state index contributed by atoms with van der Waals surface area (Å²) in [6, 6.07) is 8.56. The topological polar surface area (TPSA) is 6.48 Å². The average molecular weight is 176 g/mol. The summed E-state index contributed by atoms with van der Waals surface area (Å²) in [5.41, 5.74) is 2.69. The van der Waals surface area contributed by atoms with Gasteiger partial charge in [0.2, 0.25) is 0 Å². The van der Waals surface area contributed by atoms with Crippen molar-refractivity contribution in [1.82, 2.24) is 0 Å². The first-order valence-electron chi connectivity index (χ1n) is 4.80. The highest BCUT2D eigenvalue weighted by Gasteiger charge is 2.28. The molecule has 1 aliphatic rings. The van der Waals surface area contributed by atoms with Crippen LogP contribution in [0.25, 0.3) is 0 Å². The fraction of sp³-hybridized carbons (Fsp3) is 0.455. The van der Waals surface area contributed by atoms with E-state index in [9.17, 15) is 0 Å². The van der Waals surface area contributed by atoms with E-state index in [1.807, 2.05) is 0 Å². The molecular weight excluding hydrogens is 160 g/mol. The molecule has 0 unspecified atom stereocenters. The summed E-state index contributed by atoms with van der Waals surface area (Å²) in [6.45, 7) is 2.23. The van der Waals surface area contributed by atoms with Crippen LogP contribution in [0, 0.1) is 0 Å². The molecule has 0 aromatic heterocycles. The number of benzene rings is 1. The summed E-state index contributed by atoms with van der Waals surface area (Å²) in [7, 11) is 4.33. The minimum Gasteiger partial charge on any atom is -0.353 e. The number of para-hydroxylation sites is 2. The minimum absolute atomic E-state index is 0.525. The first-order valence-corrected chi connectivity index (χ1v) is 4.80. The van der Waals surface area contributed by atoms with Crippen LogP contribution >= 0.6 is 0 Å². The highest BCUT2D eigenvalue weighted by molar-refractivity contribution is 5.76. The van der Waals surface area contributed by atoms with Crippen LogP contribution in [0.5, 0.6) is 0 Å². The highest BCUT2D eigenvalue weighted by Crippen LogP contribution is 2.37. The van der Waals surface area contributed by atoms with Gasteiger partial charge in [-0.15, -0.1) is 0 Å². The maximum atomic E-state index is 2.34. The number of rotatable bonds is 1. The Morgan fingerprint density at radius 2 is 1.54 bits per heavy atom. The Morgan fingerprint density at radius 1 is 1.08 bits per heavy atom. The molecule has 0 aliphatic carbocycles. The Kier molecular flexibility index (Phi) is 1.91. The van der Waals surface area contributed by atoms with Crippen molar-refractivity contribution in [1.29, 1.82) is 0 Å². The Bertz CT molecular complexity index is 280. The van der Waals surface area contributed by atoms with Crippen molar-refractivity contribution in [3.8, 4) is 0 Å². The second-order valence-electron chi connectivity index (χ2n) is 3.60. The molecule has 0 N–H and O–H groups in total. The zero-order valence-electron chi connectivity index (χ0n) is 8.49. The lowest BCUT2D eigenvalue weighted by Crippen LogP contribution is -2.38. The molecule has 0 fully saturated rings. The average Bonchev–Trinajstić information content (AvgIpc) is 2.41. The van der Waals surface area contributed by atoms with Gasteiger partial charge in [-0.25, -0.2) is 0 Å². The van der Waals surface area contributed by atoms with Gasteiger partial charge in [0.05, 0.1) is 11.4 Å². The molecule has 1 heterocycles. The van der Waals surface area contributed by atoms with Crippen LogP contribution in [0.1, 0.15) is 13.3 Å². The van der Waals surface area contributed by atoms with E-state index in [4.69, 9.17) is 0 Å². The van der Waals surface area contributed by atoms with E-state index < -0.39 is 0 Å². The molecule has 1 aliphatic heterocycles. The van der Waals surface area contributed by atoms with Crippen molar-refractivity contribution >= 4 is 11.4 Å². The summed E-state index contributed by atoms with van der Waals surface area (Å²) in [5.74, 6) is 0. The van der Waals surface area contributed by atoms with E-state index in [0.29, 0.717) is 6.17 Å². The van der Waals surface area contributed by atoms with Gasteiger partial charge >= 0.3 is 0 Å². The summed E-state index contributed by atoms with van der Waals surface area (Å²) in [6.07, 6.45) is 1.68. The normalized spacial score (nSPS) is 16.5. The molecule has 0 bridgehead atoms. The van der Waals surface area contributed by atoms with Gasteiger partial charge in [-0.1, -0.05) is 19.1 Å². The van der Waals surface area contributed by atoms with Crippen LogP contribution in [0.3, 0.4) is 0 Å². The summed E-state index contributed by atoms with van der Waals surface area (Å²) < 4.78 is 0. The van der Waals surface area contributed by atoms with Gasteiger partial charge in [-0.2, -0.15) is 0 Å². The lowest BCUT2D eigenvalue weighted by Gasteiger charge is -2.26. The summed E-state index contributed by atoms with van der Waals surface area (Å²) in [5, 5.41) is 0. The second kappa shape index (κ2) is 2.95. The van der Waals surface area contributed by atoms with Crippen LogP contribution < -0.4 is 9.80 Å². The van der Waals surface area contributed by atoms with Crippen LogP contribution in [0.2, 0.25) is 0 Å². The zero-order chi connectivity index (χ0) is 9.42. The fourth-order valence-corrected chi connectivity index (χ4v) is 2.19. The number of hydrogen-bond acceptors (Lipinski definition) is 2. The lowest BCUT2D eigenvalue weighted by molar-refractivity contribution is 0.628. The number of hydrogen-bond donors (Lipinski definition) is 0. The Balaban J connectivity index is 2.44. The molecule has 1 aromatic carbocycles. The predicted octanol–water partition coefficient (Wildman–Crippen LogP) is 2.31. The van der Waals surface area contributed by atoms with Crippen LogP contribution in [0.4, 0.5) is 11.4 Å². The summed E-state index contributed by atoms with van der Waals surface area (Å²) >= 11 is 0. The van der Waals surface area contributed by atoms with Gasteiger partial charge < -0.3 is 9.80 Å². The van der Waals surface area contributed by atoms with Crippen molar-refractivity contribution < 1.29 is 0 Å². The zero-order valence-corrected chi connectivity index (χ0v) is 8.49. The molecule has 0 saturated heterocycles. The van der Waals surface area contributed by atoms with Crippen LogP contribution in [0.15, 0.2) is 24.3 Å². The largest absolute Gasteiger partial charge is 0.353 e. The van der Waals surface area contributed by atoms with Gasteiger partial charge in [-0.05, 0) is 18.6 Å². The van der Waals surface area contributed by atoms with Gasteiger partial charge in [0.1, 0.15) is 6.17 Å². The van der Waals surface area contributed by atoms with Crippen molar-refractivity contribution in [2.45, 2.75) is 19.5 Å². The Morgan fingerprint density at radius 3 is 1.92 bits per heavy atom. The van der Waals surface area contributed by atoms with Crippen LogP contribution in [-0.4, -0.2) is 20.3 Å². The molecule has 70 valence electrons. The first kappa shape index (κ1) is 8.42. The maximum Gasteiger partial charge on any atom is 0.101 e. The maximum absolute atomic E-state index is 2.34. The summed E-state index contributed by atoms with van der Waals surface area (Å²) in [4.78, 5) is 4.69. The standard InChI is InChI=1S/C11H16N2/c1-4-11-12(2)9-7-5-6-8-10(9)13(11)3/h5-8,11H,4H2,1-3H3. The molecule has 0 radical (unpaired) electrons. The Labute approximate surface area is 79.8 Å². The van der Waals surface area contributed by atoms with Crippen molar-refractivity contribution in [3.05, 3.63) is 24.3 Å². The van der Waals surface area contributed by atoms with Crippen molar-refractivity contribution in [2.24, 2.45) is 0 Å². The van der Waals surface area contributed by atoms with Gasteiger partial charge in [0.15, 0.2) is 0 Å². The molecule has 1 aromatic rings.